The highest BCUT2D eigenvalue weighted by Crippen LogP contribution is 2.21. The second-order valence-corrected chi connectivity index (χ2v) is 5.39. The number of alkyl halides is 1. The fourth-order valence-corrected chi connectivity index (χ4v) is 2.34. The Morgan fingerprint density at radius 1 is 1.45 bits per heavy atom. The SMILES string of the molecule is Cc1ccc(OCCC2CCCO2)c(C#CCCCl)c1. The Bertz CT molecular complexity index is 481. The minimum atomic E-state index is 0.367. The molecule has 20 heavy (non-hydrogen) atoms. The number of hydrogen-bond donors (Lipinski definition) is 0. The second kappa shape index (κ2) is 8.19. The highest BCUT2D eigenvalue weighted by Gasteiger charge is 2.15. The van der Waals surface area contributed by atoms with Gasteiger partial charge in [0, 0.05) is 25.3 Å². The fourth-order valence-electron chi connectivity index (χ4n) is 2.24. The van der Waals surface area contributed by atoms with Crippen molar-refractivity contribution in [3.05, 3.63) is 29.3 Å². The Hall–Kier alpha value is -1.17. The van der Waals surface area contributed by atoms with E-state index in [1.54, 1.807) is 0 Å². The zero-order valence-corrected chi connectivity index (χ0v) is 12.7. The van der Waals surface area contributed by atoms with Gasteiger partial charge in [-0.15, -0.1) is 11.6 Å². The molecule has 1 aromatic rings. The van der Waals surface area contributed by atoms with E-state index in [4.69, 9.17) is 21.1 Å². The average molecular weight is 293 g/mol. The zero-order chi connectivity index (χ0) is 14.2. The molecule has 1 aliphatic rings. The molecule has 2 nitrogen and oxygen atoms in total. The van der Waals surface area contributed by atoms with Crippen LogP contribution in [0.5, 0.6) is 5.75 Å². The fraction of sp³-hybridized carbons (Fsp3) is 0.529. The molecule has 108 valence electrons. The molecule has 1 unspecified atom stereocenters. The first-order chi connectivity index (χ1) is 9.79. The topological polar surface area (TPSA) is 18.5 Å². The highest BCUT2D eigenvalue weighted by molar-refractivity contribution is 6.18. The van der Waals surface area contributed by atoms with Crippen LogP contribution in [0.4, 0.5) is 0 Å². The lowest BCUT2D eigenvalue weighted by molar-refractivity contribution is 0.0903. The summed E-state index contributed by atoms with van der Waals surface area (Å²) in [5.74, 6) is 7.63. The highest BCUT2D eigenvalue weighted by atomic mass is 35.5. The molecule has 0 spiro atoms. The van der Waals surface area contributed by atoms with Crippen molar-refractivity contribution in [2.24, 2.45) is 0 Å². The monoisotopic (exact) mass is 292 g/mol. The minimum absolute atomic E-state index is 0.367. The van der Waals surface area contributed by atoms with Crippen LogP contribution >= 0.6 is 11.6 Å². The van der Waals surface area contributed by atoms with Crippen LogP contribution in [0.2, 0.25) is 0 Å². The van der Waals surface area contributed by atoms with Crippen molar-refractivity contribution in [1.29, 1.82) is 0 Å². The Kier molecular flexibility index (Phi) is 6.24. The maximum Gasteiger partial charge on any atom is 0.134 e. The molecule has 1 fully saturated rings. The largest absolute Gasteiger partial charge is 0.492 e. The third-order valence-corrected chi connectivity index (χ3v) is 3.49. The molecular weight excluding hydrogens is 272 g/mol. The van der Waals surface area contributed by atoms with Gasteiger partial charge in [0.2, 0.25) is 0 Å². The van der Waals surface area contributed by atoms with Crippen molar-refractivity contribution < 1.29 is 9.47 Å². The van der Waals surface area contributed by atoms with Crippen LogP contribution in [0.25, 0.3) is 0 Å². The van der Waals surface area contributed by atoms with Gasteiger partial charge < -0.3 is 9.47 Å². The molecule has 1 atom stereocenters. The van der Waals surface area contributed by atoms with E-state index in [2.05, 4.69) is 24.8 Å². The summed E-state index contributed by atoms with van der Waals surface area (Å²) >= 11 is 5.65. The molecule has 0 N–H and O–H groups in total. The van der Waals surface area contributed by atoms with E-state index in [9.17, 15) is 0 Å². The number of ether oxygens (including phenoxy) is 2. The Morgan fingerprint density at radius 3 is 3.10 bits per heavy atom. The Morgan fingerprint density at radius 2 is 2.35 bits per heavy atom. The number of rotatable bonds is 5. The molecule has 0 aliphatic carbocycles. The van der Waals surface area contributed by atoms with Gasteiger partial charge in [0.1, 0.15) is 5.75 Å². The minimum Gasteiger partial charge on any atom is -0.492 e. The van der Waals surface area contributed by atoms with Crippen molar-refractivity contribution in [3.8, 4) is 17.6 Å². The molecule has 1 aliphatic heterocycles. The summed E-state index contributed by atoms with van der Waals surface area (Å²) in [5.41, 5.74) is 2.13. The molecule has 1 heterocycles. The molecule has 1 saturated heterocycles. The van der Waals surface area contributed by atoms with Gasteiger partial charge in [0.25, 0.3) is 0 Å². The van der Waals surface area contributed by atoms with Crippen molar-refractivity contribution in [2.75, 3.05) is 19.1 Å². The van der Waals surface area contributed by atoms with Gasteiger partial charge in [0.15, 0.2) is 0 Å². The number of aryl methyl sites for hydroxylation is 1. The molecular formula is C17H21ClO2. The van der Waals surface area contributed by atoms with E-state index in [1.165, 1.54) is 12.0 Å². The van der Waals surface area contributed by atoms with Crippen molar-refractivity contribution >= 4 is 11.6 Å². The molecule has 0 aromatic heterocycles. The van der Waals surface area contributed by atoms with E-state index >= 15 is 0 Å². The lowest BCUT2D eigenvalue weighted by atomic mass is 10.1. The van der Waals surface area contributed by atoms with Gasteiger partial charge >= 0.3 is 0 Å². The zero-order valence-electron chi connectivity index (χ0n) is 12.0. The summed E-state index contributed by atoms with van der Waals surface area (Å²) in [5, 5.41) is 0. The summed E-state index contributed by atoms with van der Waals surface area (Å²) in [4.78, 5) is 0. The first kappa shape index (κ1) is 15.2. The van der Waals surface area contributed by atoms with E-state index in [-0.39, 0.29) is 0 Å². The van der Waals surface area contributed by atoms with Gasteiger partial charge in [-0.05, 0) is 37.5 Å². The molecule has 1 aromatic carbocycles. The van der Waals surface area contributed by atoms with Crippen LogP contribution in [0, 0.1) is 18.8 Å². The maximum atomic E-state index is 5.87. The predicted octanol–water partition coefficient (Wildman–Crippen LogP) is 3.92. The van der Waals surface area contributed by atoms with Crippen LogP contribution in [0.1, 0.15) is 36.8 Å². The standard InChI is InChI=1S/C17H21ClO2/c1-14-7-8-17(15(13-14)5-2-3-10-18)20-12-9-16-6-4-11-19-16/h7-8,13,16H,3-4,6,9-12H2,1H3. The first-order valence-electron chi connectivity index (χ1n) is 7.19. The second-order valence-electron chi connectivity index (χ2n) is 5.01. The summed E-state index contributed by atoms with van der Waals surface area (Å²) in [6, 6.07) is 6.10. The molecule has 0 saturated carbocycles. The summed E-state index contributed by atoms with van der Waals surface area (Å²) in [6.07, 6.45) is 4.34. The van der Waals surface area contributed by atoms with Gasteiger partial charge in [0.05, 0.1) is 18.3 Å². The van der Waals surface area contributed by atoms with Crippen LogP contribution in [0.3, 0.4) is 0 Å². The summed E-state index contributed by atoms with van der Waals surface area (Å²) in [6.45, 7) is 3.63. The smallest absolute Gasteiger partial charge is 0.134 e. The van der Waals surface area contributed by atoms with Crippen molar-refractivity contribution in [2.45, 2.75) is 38.7 Å². The number of benzene rings is 1. The molecule has 2 rings (SSSR count). The Labute approximate surface area is 126 Å². The molecule has 0 amide bonds. The number of hydrogen-bond acceptors (Lipinski definition) is 2. The van der Waals surface area contributed by atoms with Gasteiger partial charge in [-0.25, -0.2) is 0 Å². The third-order valence-electron chi connectivity index (χ3n) is 3.30. The molecule has 0 bridgehead atoms. The summed E-state index contributed by atoms with van der Waals surface area (Å²) in [7, 11) is 0. The van der Waals surface area contributed by atoms with Crippen LogP contribution in [0.15, 0.2) is 18.2 Å². The quantitative estimate of drug-likeness (QED) is 0.605. The molecule has 0 radical (unpaired) electrons. The number of halogens is 1. The van der Waals surface area contributed by atoms with Crippen LogP contribution in [-0.2, 0) is 4.74 Å². The van der Waals surface area contributed by atoms with E-state index in [1.807, 2.05) is 12.1 Å². The van der Waals surface area contributed by atoms with Crippen molar-refractivity contribution in [1.82, 2.24) is 0 Å². The normalized spacial score (nSPS) is 17.6. The molecule has 3 heteroatoms. The lowest BCUT2D eigenvalue weighted by Crippen LogP contribution is -2.11. The predicted molar refractivity (Wildman–Crippen MR) is 82.5 cm³/mol. The average Bonchev–Trinajstić information content (AvgIpc) is 2.95. The van der Waals surface area contributed by atoms with Crippen LogP contribution < -0.4 is 4.74 Å². The van der Waals surface area contributed by atoms with Crippen molar-refractivity contribution in [3.63, 3.8) is 0 Å². The Balaban J connectivity index is 1.93. The van der Waals surface area contributed by atoms with Crippen LogP contribution in [-0.4, -0.2) is 25.2 Å². The third kappa shape index (κ3) is 4.74. The van der Waals surface area contributed by atoms with Gasteiger partial charge in [-0.3, -0.25) is 0 Å². The van der Waals surface area contributed by atoms with E-state index < -0.39 is 0 Å². The van der Waals surface area contributed by atoms with Gasteiger partial charge in [-0.1, -0.05) is 17.9 Å². The summed E-state index contributed by atoms with van der Waals surface area (Å²) < 4.78 is 11.5. The first-order valence-corrected chi connectivity index (χ1v) is 7.73. The van der Waals surface area contributed by atoms with E-state index in [0.29, 0.717) is 25.0 Å². The lowest BCUT2D eigenvalue weighted by Gasteiger charge is -2.12. The van der Waals surface area contributed by atoms with E-state index in [0.717, 1.165) is 30.8 Å². The van der Waals surface area contributed by atoms with Gasteiger partial charge in [-0.2, -0.15) is 0 Å². The maximum absolute atomic E-state index is 5.87.